The van der Waals surface area contributed by atoms with Gasteiger partial charge in [-0.05, 0) is 30.7 Å². The average Bonchev–Trinajstić information content (AvgIpc) is 3.24. The molecule has 2 aliphatic heterocycles. The minimum atomic E-state index is -0.0725. The Morgan fingerprint density at radius 2 is 1.68 bits per heavy atom. The van der Waals surface area contributed by atoms with Gasteiger partial charge in [0.1, 0.15) is 0 Å². The zero-order valence-corrected chi connectivity index (χ0v) is 20.6. The first kappa shape index (κ1) is 24.7. The number of carbonyl (C=O) groups excluding carboxylic acids is 1. The van der Waals surface area contributed by atoms with Crippen LogP contribution in [0.1, 0.15) is 12.8 Å². The molecule has 1 atom stereocenters. The van der Waals surface area contributed by atoms with E-state index >= 15 is 0 Å². The molecule has 1 unspecified atom stereocenters. The molecule has 2 fully saturated rings. The number of morpholine rings is 1. The number of likely N-dealkylation sites (tertiary alicyclic amines) is 1. The van der Waals surface area contributed by atoms with Crippen LogP contribution in [0.4, 0.5) is 0 Å². The van der Waals surface area contributed by atoms with Crippen LogP contribution in [-0.2, 0) is 9.53 Å². The minimum Gasteiger partial charge on any atom is -0.379 e. The van der Waals surface area contributed by atoms with Gasteiger partial charge < -0.3 is 9.64 Å². The van der Waals surface area contributed by atoms with E-state index in [1.54, 1.807) is 16.3 Å². The van der Waals surface area contributed by atoms with Gasteiger partial charge in [0, 0.05) is 44.4 Å². The minimum absolute atomic E-state index is 0. The number of hydrogen-bond donors (Lipinski definition) is 0. The van der Waals surface area contributed by atoms with Gasteiger partial charge in [-0.3, -0.25) is 19.1 Å². The molecule has 3 aromatic rings. The first-order valence-electron chi connectivity index (χ1n) is 11.5. The number of rotatable bonds is 7. The maximum atomic E-state index is 13.5. The van der Waals surface area contributed by atoms with Crippen molar-refractivity contribution in [3.63, 3.8) is 0 Å². The molecule has 2 aromatic carbocycles. The molecule has 7 nitrogen and oxygen atoms in total. The summed E-state index contributed by atoms with van der Waals surface area (Å²) in [6.45, 7) is 5.47. The molecule has 2 saturated heterocycles. The number of fused-ring (bicyclic) bond motifs is 1. The lowest BCUT2D eigenvalue weighted by Gasteiger charge is -2.32. The molecule has 0 bridgehead atoms. The molecule has 34 heavy (non-hydrogen) atoms. The summed E-state index contributed by atoms with van der Waals surface area (Å²) in [5, 5.41) is 1.35. The normalized spacial score (nSPS) is 17.6. The van der Waals surface area contributed by atoms with Gasteiger partial charge in [0.05, 0.1) is 29.8 Å². The van der Waals surface area contributed by atoms with Crippen molar-refractivity contribution in [1.29, 1.82) is 0 Å². The number of aromatic nitrogens is 2. The van der Waals surface area contributed by atoms with Gasteiger partial charge >= 0.3 is 0 Å². The molecule has 5 rings (SSSR count). The summed E-state index contributed by atoms with van der Waals surface area (Å²) in [7, 11) is 0. The Bertz CT molecular complexity index is 1180. The Morgan fingerprint density at radius 3 is 2.41 bits per heavy atom. The Kier molecular flexibility index (Phi) is 8.26. The predicted octanol–water partition coefficient (Wildman–Crippen LogP) is 3.22. The monoisotopic (exact) mass is 500 g/mol. The highest BCUT2D eigenvalue weighted by Gasteiger charge is 2.27. The van der Waals surface area contributed by atoms with Gasteiger partial charge in [-0.2, -0.15) is 0 Å². The van der Waals surface area contributed by atoms with Crippen molar-refractivity contribution in [3.8, 4) is 5.69 Å². The molecule has 0 aliphatic carbocycles. The highest BCUT2D eigenvalue weighted by atomic mass is 35.5. The van der Waals surface area contributed by atoms with E-state index in [0.717, 1.165) is 51.5 Å². The number of thioether (sulfide) groups is 1. The third-order valence-electron chi connectivity index (χ3n) is 6.19. The maximum Gasteiger partial charge on any atom is 0.266 e. The Balaban J connectivity index is 0.00000274. The molecule has 0 N–H and O–H groups in total. The Morgan fingerprint density at radius 1 is 0.941 bits per heavy atom. The van der Waals surface area contributed by atoms with Crippen LogP contribution in [0, 0.1) is 0 Å². The molecule has 2 aliphatic rings. The summed E-state index contributed by atoms with van der Waals surface area (Å²) >= 11 is 1.60. The van der Waals surface area contributed by atoms with E-state index in [1.807, 2.05) is 59.5 Å². The molecule has 1 amide bonds. The summed E-state index contributed by atoms with van der Waals surface area (Å²) in [6, 6.07) is 17.2. The third-order valence-corrected chi connectivity index (χ3v) is 7.31. The van der Waals surface area contributed by atoms with Gasteiger partial charge in [-0.15, -0.1) is 12.4 Å². The Hall–Kier alpha value is -2.39. The van der Waals surface area contributed by atoms with Gasteiger partial charge in [0.15, 0.2) is 5.16 Å². The molecule has 0 saturated carbocycles. The van der Waals surface area contributed by atoms with E-state index in [0.29, 0.717) is 29.0 Å². The molecule has 0 radical (unpaired) electrons. The number of hydrogen-bond acceptors (Lipinski definition) is 6. The molecule has 180 valence electrons. The van der Waals surface area contributed by atoms with Crippen molar-refractivity contribution in [2.45, 2.75) is 23.2 Å². The van der Waals surface area contributed by atoms with Crippen molar-refractivity contribution in [3.05, 3.63) is 65.0 Å². The number of para-hydroxylation sites is 2. The maximum absolute atomic E-state index is 13.5. The molecule has 9 heteroatoms. The van der Waals surface area contributed by atoms with Crippen molar-refractivity contribution < 1.29 is 9.53 Å². The summed E-state index contributed by atoms with van der Waals surface area (Å²) < 4.78 is 7.23. The lowest BCUT2D eigenvalue weighted by Crippen LogP contribution is -2.44. The second-order valence-electron chi connectivity index (χ2n) is 8.48. The van der Waals surface area contributed by atoms with E-state index in [-0.39, 0.29) is 29.1 Å². The second kappa shape index (κ2) is 11.4. The average molecular weight is 501 g/mol. The van der Waals surface area contributed by atoms with Crippen LogP contribution in [0.5, 0.6) is 0 Å². The van der Waals surface area contributed by atoms with Crippen LogP contribution in [0.25, 0.3) is 16.6 Å². The van der Waals surface area contributed by atoms with E-state index in [4.69, 9.17) is 9.72 Å². The fourth-order valence-corrected chi connectivity index (χ4v) is 5.77. The SMILES string of the molecule is Cl.O=C1CCCN1CC(CN1CCOCC1)Sc1nc2ccccc2c(=O)n1-c1ccccc1. The molecule has 0 spiro atoms. The number of nitrogens with zero attached hydrogens (tertiary/aromatic N) is 4. The van der Waals surface area contributed by atoms with E-state index in [2.05, 4.69) is 4.90 Å². The van der Waals surface area contributed by atoms with Crippen LogP contribution in [0.3, 0.4) is 0 Å². The van der Waals surface area contributed by atoms with E-state index in [9.17, 15) is 9.59 Å². The fourth-order valence-electron chi connectivity index (χ4n) is 4.49. The van der Waals surface area contributed by atoms with Gasteiger partial charge in [-0.25, -0.2) is 4.98 Å². The van der Waals surface area contributed by atoms with Crippen molar-refractivity contribution >= 4 is 41.0 Å². The van der Waals surface area contributed by atoms with Gasteiger partial charge in [0.2, 0.25) is 5.91 Å². The summed E-state index contributed by atoms with van der Waals surface area (Å²) in [5.74, 6) is 0.217. The third kappa shape index (κ3) is 5.46. The van der Waals surface area contributed by atoms with Crippen LogP contribution < -0.4 is 5.56 Å². The Labute approximate surface area is 209 Å². The highest BCUT2D eigenvalue weighted by Crippen LogP contribution is 2.27. The highest BCUT2D eigenvalue weighted by molar-refractivity contribution is 7.99. The lowest BCUT2D eigenvalue weighted by atomic mass is 10.2. The zero-order valence-electron chi connectivity index (χ0n) is 19.0. The van der Waals surface area contributed by atoms with Crippen LogP contribution in [-0.4, -0.2) is 76.4 Å². The molecule has 3 heterocycles. The standard InChI is InChI=1S/C25H28N4O3S.ClH/c30-23-11-6-12-28(23)18-20(17-27-13-15-32-16-14-27)33-25-26-22-10-5-4-9-21(22)24(31)29(25)19-7-2-1-3-8-19;/h1-5,7-10,20H,6,11-18H2;1H. The van der Waals surface area contributed by atoms with Gasteiger partial charge in [0.25, 0.3) is 5.56 Å². The van der Waals surface area contributed by atoms with Crippen LogP contribution >= 0.6 is 24.2 Å². The molecule has 1 aromatic heterocycles. The van der Waals surface area contributed by atoms with Crippen LogP contribution in [0.2, 0.25) is 0 Å². The smallest absolute Gasteiger partial charge is 0.266 e. The van der Waals surface area contributed by atoms with E-state index in [1.165, 1.54) is 0 Å². The zero-order chi connectivity index (χ0) is 22.6. The van der Waals surface area contributed by atoms with Crippen molar-refractivity contribution in [2.75, 3.05) is 45.9 Å². The predicted molar refractivity (Wildman–Crippen MR) is 137 cm³/mol. The van der Waals surface area contributed by atoms with E-state index < -0.39 is 0 Å². The second-order valence-corrected chi connectivity index (χ2v) is 9.75. The van der Waals surface area contributed by atoms with Gasteiger partial charge in [-0.1, -0.05) is 42.1 Å². The quantitative estimate of drug-likeness (QED) is 0.366. The number of benzene rings is 2. The van der Waals surface area contributed by atoms with Crippen LogP contribution in [0.15, 0.2) is 64.5 Å². The molecular weight excluding hydrogens is 472 g/mol. The number of halogens is 1. The first-order chi connectivity index (χ1) is 16.2. The lowest BCUT2D eigenvalue weighted by molar-refractivity contribution is -0.127. The summed E-state index contributed by atoms with van der Waals surface area (Å²) in [4.78, 5) is 35.2. The van der Waals surface area contributed by atoms with Crippen molar-refractivity contribution in [1.82, 2.24) is 19.4 Å². The molecular formula is C25H29ClN4O3S. The summed E-state index contributed by atoms with van der Waals surface area (Å²) in [6.07, 6.45) is 1.54. The van der Waals surface area contributed by atoms with Crippen molar-refractivity contribution in [2.24, 2.45) is 0 Å². The number of ether oxygens (including phenoxy) is 1. The topological polar surface area (TPSA) is 67.7 Å². The summed E-state index contributed by atoms with van der Waals surface area (Å²) in [5.41, 5.74) is 1.42. The fraction of sp³-hybridized carbons (Fsp3) is 0.400. The number of carbonyl (C=O) groups is 1. The largest absolute Gasteiger partial charge is 0.379 e. The first-order valence-corrected chi connectivity index (χ1v) is 12.4. The number of amides is 1.